The first-order chi connectivity index (χ1) is 10.9. The molecule has 0 amide bonds. The van der Waals surface area contributed by atoms with Crippen molar-refractivity contribution in [3.8, 4) is 0 Å². The fourth-order valence-electron chi connectivity index (χ4n) is 3.12. The quantitative estimate of drug-likeness (QED) is 0.667. The predicted molar refractivity (Wildman–Crippen MR) is 92.8 cm³/mol. The number of nitrogens with two attached hydrogens (primary N) is 1. The smallest absolute Gasteiger partial charge is 0.306 e. The number of anilines is 2. The monoisotopic (exact) mass is 320 g/mol. The topological polar surface area (TPSA) is 64.8 Å². The first-order valence-corrected chi connectivity index (χ1v) is 8.21. The van der Waals surface area contributed by atoms with Gasteiger partial charge in [-0.25, -0.2) is 0 Å². The molecule has 5 nitrogen and oxygen atoms in total. The highest BCUT2D eigenvalue weighted by atomic mass is 16.5. The summed E-state index contributed by atoms with van der Waals surface area (Å²) in [7, 11) is 1.42. The van der Waals surface area contributed by atoms with Crippen LogP contribution in [0, 0.1) is 0 Å². The van der Waals surface area contributed by atoms with Crippen LogP contribution in [0.3, 0.4) is 0 Å². The van der Waals surface area contributed by atoms with Crippen molar-refractivity contribution < 1.29 is 14.3 Å². The second-order valence-electron chi connectivity index (χ2n) is 6.73. The summed E-state index contributed by atoms with van der Waals surface area (Å²) in [6.45, 7) is 8.61. The summed E-state index contributed by atoms with van der Waals surface area (Å²) >= 11 is 0. The van der Waals surface area contributed by atoms with Gasteiger partial charge in [0.2, 0.25) is 0 Å². The Bertz CT molecular complexity index is 557. The SMILES string of the molecule is CCC(CC(=O)OC)c1ccc(N2CCOC(C)(C)C2)c(N)c1. The standard InChI is InChI=1S/C18H28N2O3/c1-5-13(11-17(21)22-4)14-6-7-16(15(19)10-14)20-8-9-23-18(2,3)12-20/h6-7,10,13H,5,8-9,11-12,19H2,1-4H3. The van der Waals surface area contributed by atoms with Crippen LogP contribution in [-0.4, -0.2) is 38.4 Å². The molecule has 1 fully saturated rings. The van der Waals surface area contributed by atoms with Crippen LogP contribution in [0.15, 0.2) is 18.2 Å². The van der Waals surface area contributed by atoms with Crippen molar-refractivity contribution in [2.75, 3.05) is 37.4 Å². The van der Waals surface area contributed by atoms with Gasteiger partial charge in [-0.15, -0.1) is 0 Å². The van der Waals surface area contributed by atoms with E-state index in [-0.39, 0.29) is 17.5 Å². The maximum atomic E-state index is 11.5. The largest absolute Gasteiger partial charge is 0.469 e. The lowest BCUT2D eigenvalue weighted by atomic mass is 9.92. The van der Waals surface area contributed by atoms with E-state index < -0.39 is 0 Å². The molecule has 0 aromatic heterocycles. The third-order valence-corrected chi connectivity index (χ3v) is 4.42. The number of carbonyl (C=O) groups is 1. The summed E-state index contributed by atoms with van der Waals surface area (Å²) in [4.78, 5) is 13.8. The van der Waals surface area contributed by atoms with E-state index in [1.165, 1.54) is 7.11 Å². The fraction of sp³-hybridized carbons (Fsp3) is 0.611. The van der Waals surface area contributed by atoms with Gasteiger partial charge in [-0.3, -0.25) is 4.79 Å². The van der Waals surface area contributed by atoms with Gasteiger partial charge in [0, 0.05) is 13.1 Å². The Morgan fingerprint density at radius 3 is 2.78 bits per heavy atom. The molecule has 0 aliphatic carbocycles. The number of carbonyl (C=O) groups excluding carboxylic acids is 1. The zero-order valence-electron chi connectivity index (χ0n) is 14.6. The van der Waals surface area contributed by atoms with Crippen molar-refractivity contribution in [3.63, 3.8) is 0 Å². The van der Waals surface area contributed by atoms with Gasteiger partial charge in [0.25, 0.3) is 0 Å². The average Bonchev–Trinajstić information content (AvgIpc) is 2.51. The van der Waals surface area contributed by atoms with Crippen LogP contribution in [0.1, 0.15) is 45.1 Å². The van der Waals surface area contributed by atoms with Crippen LogP contribution in [-0.2, 0) is 14.3 Å². The summed E-state index contributed by atoms with van der Waals surface area (Å²) in [6.07, 6.45) is 1.26. The van der Waals surface area contributed by atoms with Gasteiger partial charge in [0.1, 0.15) is 0 Å². The van der Waals surface area contributed by atoms with E-state index in [4.69, 9.17) is 15.2 Å². The minimum Gasteiger partial charge on any atom is -0.469 e. The number of rotatable bonds is 5. The summed E-state index contributed by atoms with van der Waals surface area (Å²) in [6, 6.07) is 6.13. The lowest BCUT2D eigenvalue weighted by Crippen LogP contribution is -2.48. The Hall–Kier alpha value is -1.75. The molecule has 1 aromatic carbocycles. The summed E-state index contributed by atoms with van der Waals surface area (Å²) in [5, 5.41) is 0. The molecule has 1 saturated heterocycles. The van der Waals surface area contributed by atoms with Gasteiger partial charge >= 0.3 is 5.97 Å². The van der Waals surface area contributed by atoms with Gasteiger partial charge in [-0.1, -0.05) is 13.0 Å². The lowest BCUT2D eigenvalue weighted by molar-refractivity contribution is -0.141. The second-order valence-corrected chi connectivity index (χ2v) is 6.73. The molecule has 0 radical (unpaired) electrons. The van der Waals surface area contributed by atoms with Crippen LogP contribution >= 0.6 is 0 Å². The Morgan fingerprint density at radius 1 is 1.48 bits per heavy atom. The van der Waals surface area contributed by atoms with Crippen molar-refractivity contribution in [1.82, 2.24) is 0 Å². The highest BCUT2D eigenvalue weighted by molar-refractivity contribution is 5.72. The van der Waals surface area contributed by atoms with Crippen molar-refractivity contribution in [2.45, 2.75) is 45.1 Å². The molecule has 0 saturated carbocycles. The van der Waals surface area contributed by atoms with Crippen LogP contribution in [0.25, 0.3) is 0 Å². The molecule has 1 unspecified atom stereocenters. The molecule has 23 heavy (non-hydrogen) atoms. The molecule has 2 N–H and O–H groups in total. The summed E-state index contributed by atoms with van der Waals surface area (Å²) in [5.74, 6) is -0.0469. The van der Waals surface area contributed by atoms with Gasteiger partial charge in [-0.2, -0.15) is 0 Å². The number of morpholine rings is 1. The van der Waals surface area contributed by atoms with E-state index in [0.717, 1.165) is 36.4 Å². The molecular formula is C18H28N2O3. The number of ether oxygens (including phenoxy) is 2. The van der Waals surface area contributed by atoms with Crippen molar-refractivity contribution in [1.29, 1.82) is 0 Å². The van der Waals surface area contributed by atoms with Gasteiger partial charge in [-0.05, 0) is 43.9 Å². The third-order valence-electron chi connectivity index (χ3n) is 4.42. The van der Waals surface area contributed by atoms with Gasteiger partial charge < -0.3 is 20.1 Å². The first kappa shape index (κ1) is 17.6. The molecule has 128 valence electrons. The Kier molecular flexibility index (Phi) is 5.52. The Balaban J connectivity index is 2.18. The van der Waals surface area contributed by atoms with Crippen molar-refractivity contribution >= 4 is 17.3 Å². The molecule has 1 aliphatic heterocycles. The molecule has 1 aromatic rings. The number of methoxy groups -OCH3 is 1. The predicted octanol–water partition coefficient (Wildman–Crippen LogP) is 2.94. The molecule has 5 heteroatoms. The van der Waals surface area contributed by atoms with E-state index >= 15 is 0 Å². The normalized spacial score (nSPS) is 18.5. The van der Waals surface area contributed by atoms with Crippen LogP contribution in [0.4, 0.5) is 11.4 Å². The zero-order valence-corrected chi connectivity index (χ0v) is 14.6. The number of hydrogen-bond donors (Lipinski definition) is 1. The zero-order chi connectivity index (χ0) is 17.0. The first-order valence-electron chi connectivity index (χ1n) is 8.21. The molecule has 1 atom stereocenters. The summed E-state index contributed by atoms with van der Waals surface area (Å²) < 4.78 is 10.5. The van der Waals surface area contributed by atoms with E-state index in [1.54, 1.807) is 0 Å². The van der Waals surface area contributed by atoms with Crippen LogP contribution < -0.4 is 10.6 Å². The van der Waals surface area contributed by atoms with Crippen molar-refractivity contribution in [3.05, 3.63) is 23.8 Å². The fourth-order valence-corrected chi connectivity index (χ4v) is 3.12. The highest BCUT2D eigenvalue weighted by Crippen LogP contribution is 2.32. The maximum Gasteiger partial charge on any atom is 0.306 e. The van der Waals surface area contributed by atoms with Crippen LogP contribution in [0.2, 0.25) is 0 Å². The van der Waals surface area contributed by atoms with Crippen LogP contribution in [0.5, 0.6) is 0 Å². The molecular weight excluding hydrogens is 292 g/mol. The van der Waals surface area contributed by atoms with E-state index in [2.05, 4.69) is 37.8 Å². The second kappa shape index (κ2) is 7.21. The van der Waals surface area contributed by atoms with E-state index in [1.807, 2.05) is 6.07 Å². The van der Waals surface area contributed by atoms with Gasteiger partial charge in [0.15, 0.2) is 0 Å². The number of hydrogen-bond acceptors (Lipinski definition) is 5. The number of benzene rings is 1. The number of esters is 1. The minimum atomic E-state index is -0.186. The summed E-state index contributed by atoms with van der Waals surface area (Å²) in [5.41, 5.74) is 9.01. The van der Waals surface area contributed by atoms with Crippen molar-refractivity contribution in [2.24, 2.45) is 0 Å². The van der Waals surface area contributed by atoms with Gasteiger partial charge in [0.05, 0.1) is 37.1 Å². The molecule has 1 heterocycles. The molecule has 2 rings (SSSR count). The Labute approximate surface area is 138 Å². The molecule has 0 spiro atoms. The number of nitrogen functional groups attached to an aromatic ring is 1. The average molecular weight is 320 g/mol. The van der Waals surface area contributed by atoms with E-state index in [9.17, 15) is 4.79 Å². The third kappa shape index (κ3) is 4.38. The maximum absolute atomic E-state index is 11.5. The lowest BCUT2D eigenvalue weighted by Gasteiger charge is -2.40. The molecule has 0 bridgehead atoms. The Morgan fingerprint density at radius 2 is 2.22 bits per heavy atom. The van der Waals surface area contributed by atoms with E-state index in [0.29, 0.717) is 13.0 Å². The highest BCUT2D eigenvalue weighted by Gasteiger charge is 2.28. The molecule has 1 aliphatic rings. The minimum absolute atomic E-state index is 0.139. The number of nitrogens with zero attached hydrogens (tertiary/aromatic N) is 1.